The number of likely N-dealkylation sites (tertiary alicyclic amines) is 2. The van der Waals surface area contributed by atoms with Crippen molar-refractivity contribution in [2.24, 2.45) is 0 Å². The molecular weight excluding hydrogens is 504 g/mol. The molecule has 0 saturated carbocycles. The van der Waals surface area contributed by atoms with Crippen molar-refractivity contribution in [1.29, 1.82) is 0 Å². The molecule has 3 heterocycles. The molecule has 3 amide bonds. The predicted molar refractivity (Wildman–Crippen MR) is 159 cm³/mol. The lowest BCUT2D eigenvalue weighted by Gasteiger charge is -2.30. The number of rotatable bonds is 8. The molecule has 7 heteroatoms. The molecule has 2 aromatic carbocycles. The lowest BCUT2D eigenvalue weighted by atomic mass is 10.00. The van der Waals surface area contributed by atoms with Crippen LogP contribution < -0.4 is 0 Å². The van der Waals surface area contributed by atoms with Crippen LogP contribution in [0.3, 0.4) is 0 Å². The van der Waals surface area contributed by atoms with Gasteiger partial charge in [0.15, 0.2) is 0 Å². The molecule has 2 aliphatic heterocycles. The number of carbonyl (C=O) groups is 2. The Morgan fingerprint density at radius 3 is 2.46 bits per heavy atom. The smallest absolute Gasteiger partial charge is 0.320 e. The van der Waals surface area contributed by atoms with E-state index in [1.54, 1.807) is 11.3 Å². The van der Waals surface area contributed by atoms with Gasteiger partial charge in [-0.05, 0) is 90.4 Å². The summed E-state index contributed by atoms with van der Waals surface area (Å²) in [5, 5.41) is 4.20. The van der Waals surface area contributed by atoms with Crippen LogP contribution in [-0.4, -0.2) is 90.4 Å². The van der Waals surface area contributed by atoms with Gasteiger partial charge < -0.3 is 19.6 Å². The summed E-state index contributed by atoms with van der Waals surface area (Å²) < 4.78 is 0. The Morgan fingerprint density at radius 1 is 0.949 bits per heavy atom. The zero-order valence-corrected chi connectivity index (χ0v) is 24.2. The van der Waals surface area contributed by atoms with Crippen molar-refractivity contribution in [2.45, 2.75) is 44.7 Å². The van der Waals surface area contributed by atoms with E-state index in [-0.39, 0.29) is 24.0 Å². The third-order valence-corrected chi connectivity index (χ3v) is 9.17. The summed E-state index contributed by atoms with van der Waals surface area (Å²) in [6.07, 6.45) is 4.06. The molecule has 2 saturated heterocycles. The molecule has 6 nitrogen and oxygen atoms in total. The van der Waals surface area contributed by atoms with Gasteiger partial charge in [0.2, 0.25) is 0 Å². The third-order valence-electron chi connectivity index (χ3n) is 8.49. The van der Waals surface area contributed by atoms with Crippen LogP contribution in [0.1, 0.15) is 40.7 Å². The molecule has 0 radical (unpaired) electrons. The lowest BCUT2D eigenvalue weighted by molar-refractivity contribution is 0.0734. The highest BCUT2D eigenvalue weighted by atomic mass is 32.1. The first-order chi connectivity index (χ1) is 18.9. The molecule has 0 N–H and O–H groups in total. The van der Waals surface area contributed by atoms with Crippen LogP contribution in [0.25, 0.3) is 11.1 Å². The molecule has 2 aliphatic rings. The summed E-state index contributed by atoms with van der Waals surface area (Å²) in [7, 11) is 3.82. The topological polar surface area (TPSA) is 47.1 Å². The Hall–Kier alpha value is -3.16. The summed E-state index contributed by atoms with van der Waals surface area (Å²) in [5.41, 5.74) is 5.55. The highest BCUT2D eigenvalue weighted by molar-refractivity contribution is 7.08. The zero-order chi connectivity index (χ0) is 27.4. The van der Waals surface area contributed by atoms with Crippen molar-refractivity contribution in [3.63, 3.8) is 0 Å². The molecule has 2 atom stereocenters. The fourth-order valence-corrected chi connectivity index (χ4v) is 6.66. The summed E-state index contributed by atoms with van der Waals surface area (Å²) in [4.78, 5) is 34.9. The van der Waals surface area contributed by atoms with Crippen LogP contribution in [0.4, 0.5) is 4.79 Å². The van der Waals surface area contributed by atoms with E-state index >= 15 is 0 Å². The lowest BCUT2D eigenvalue weighted by Crippen LogP contribution is -2.47. The van der Waals surface area contributed by atoms with E-state index in [0.717, 1.165) is 56.4 Å². The van der Waals surface area contributed by atoms with E-state index in [0.29, 0.717) is 18.7 Å². The fourth-order valence-electron chi connectivity index (χ4n) is 6.00. The zero-order valence-electron chi connectivity index (χ0n) is 23.4. The Morgan fingerprint density at radius 2 is 1.72 bits per heavy atom. The van der Waals surface area contributed by atoms with Crippen LogP contribution in [0.2, 0.25) is 0 Å². The number of benzene rings is 2. The molecule has 2 fully saturated rings. The number of amides is 3. The van der Waals surface area contributed by atoms with Crippen molar-refractivity contribution in [3.05, 3.63) is 82.0 Å². The fraction of sp³-hybridized carbons (Fsp3) is 0.438. The minimum Gasteiger partial charge on any atom is -0.337 e. The SMILES string of the molecule is Cc1cc(C(=O)N(C)[C@H]2CCN(C(=O)N(C)[C@H]3CCN(CCCc4ccccc4)C3)C2)ccc1-c1ccsc1. The third kappa shape index (κ3) is 6.36. The molecule has 5 rings (SSSR count). The predicted octanol–water partition coefficient (Wildman–Crippen LogP) is 5.63. The number of urea groups is 1. The minimum absolute atomic E-state index is 0.0181. The molecule has 206 valence electrons. The van der Waals surface area contributed by atoms with Crippen molar-refractivity contribution >= 4 is 23.3 Å². The summed E-state index contributed by atoms with van der Waals surface area (Å²) in [5.74, 6) is 0.0181. The van der Waals surface area contributed by atoms with Gasteiger partial charge in [0.1, 0.15) is 0 Å². The maximum atomic E-state index is 13.4. The van der Waals surface area contributed by atoms with Gasteiger partial charge in [-0.2, -0.15) is 11.3 Å². The first kappa shape index (κ1) is 27.4. The number of likely N-dealkylation sites (N-methyl/N-ethyl adjacent to an activating group) is 2. The van der Waals surface area contributed by atoms with E-state index in [4.69, 9.17) is 0 Å². The normalized spacial score (nSPS) is 19.4. The maximum absolute atomic E-state index is 13.4. The van der Waals surface area contributed by atoms with Crippen LogP contribution in [0.15, 0.2) is 65.4 Å². The number of carbonyl (C=O) groups excluding carboxylic acids is 2. The van der Waals surface area contributed by atoms with E-state index in [9.17, 15) is 9.59 Å². The van der Waals surface area contributed by atoms with Gasteiger partial charge in [0.05, 0.1) is 6.04 Å². The average molecular weight is 545 g/mol. The molecule has 0 aliphatic carbocycles. The molecular formula is C32H40N4O2S. The first-order valence-electron chi connectivity index (χ1n) is 14.1. The van der Waals surface area contributed by atoms with Crippen molar-refractivity contribution in [3.8, 4) is 11.1 Å². The monoisotopic (exact) mass is 544 g/mol. The summed E-state index contributed by atoms with van der Waals surface area (Å²) in [6.45, 7) is 6.39. The van der Waals surface area contributed by atoms with Crippen LogP contribution in [0.5, 0.6) is 0 Å². The van der Waals surface area contributed by atoms with Gasteiger partial charge in [0, 0.05) is 51.9 Å². The number of nitrogens with zero attached hydrogens (tertiary/aromatic N) is 4. The van der Waals surface area contributed by atoms with E-state index in [1.165, 1.54) is 11.1 Å². The number of aryl methyl sites for hydroxylation is 2. The highest BCUT2D eigenvalue weighted by Crippen LogP contribution is 2.27. The van der Waals surface area contributed by atoms with Gasteiger partial charge >= 0.3 is 6.03 Å². The molecule has 0 spiro atoms. The van der Waals surface area contributed by atoms with Gasteiger partial charge in [-0.25, -0.2) is 4.79 Å². The number of hydrogen-bond acceptors (Lipinski definition) is 4. The Balaban J connectivity index is 1.10. The van der Waals surface area contributed by atoms with Crippen LogP contribution >= 0.6 is 11.3 Å². The Bertz CT molecular complexity index is 1260. The second kappa shape index (κ2) is 12.3. The van der Waals surface area contributed by atoms with E-state index < -0.39 is 0 Å². The number of hydrogen-bond donors (Lipinski definition) is 0. The average Bonchev–Trinajstić information content (AvgIpc) is 3.74. The number of thiophene rings is 1. The van der Waals surface area contributed by atoms with Gasteiger partial charge in [-0.15, -0.1) is 0 Å². The largest absolute Gasteiger partial charge is 0.337 e. The molecule has 1 aromatic heterocycles. The standard InChI is InChI=1S/C32H40N4O2S/c1-24-20-26(11-12-30(24)27-15-19-39-23-27)31(37)33(2)29-14-18-36(22-29)32(38)34(3)28-13-17-35(21-28)16-7-10-25-8-5-4-6-9-25/h4-6,8-9,11-12,15,19-20,23,28-29H,7,10,13-14,16-18,21-22H2,1-3H3/t28-,29-/m0/s1. The quantitative estimate of drug-likeness (QED) is 0.369. The van der Waals surface area contributed by atoms with Gasteiger partial charge in [-0.3, -0.25) is 4.79 Å². The highest BCUT2D eigenvalue weighted by Gasteiger charge is 2.35. The van der Waals surface area contributed by atoms with E-state index in [1.807, 2.05) is 47.0 Å². The van der Waals surface area contributed by atoms with Crippen molar-refractivity contribution in [2.75, 3.05) is 46.8 Å². The summed E-state index contributed by atoms with van der Waals surface area (Å²) in [6, 6.07) is 19.1. The maximum Gasteiger partial charge on any atom is 0.320 e. The van der Waals surface area contributed by atoms with Gasteiger partial charge in [0.25, 0.3) is 5.91 Å². The Kier molecular flexibility index (Phi) is 8.68. The molecule has 0 unspecified atom stereocenters. The molecule has 3 aromatic rings. The van der Waals surface area contributed by atoms with Crippen molar-refractivity contribution in [1.82, 2.24) is 19.6 Å². The first-order valence-corrected chi connectivity index (χ1v) is 15.0. The summed E-state index contributed by atoms with van der Waals surface area (Å²) >= 11 is 1.68. The Labute approximate surface area is 236 Å². The van der Waals surface area contributed by atoms with Crippen molar-refractivity contribution < 1.29 is 9.59 Å². The second-order valence-electron chi connectivity index (χ2n) is 11.1. The van der Waals surface area contributed by atoms with Crippen LogP contribution in [-0.2, 0) is 6.42 Å². The molecule has 0 bridgehead atoms. The van der Waals surface area contributed by atoms with E-state index in [2.05, 4.69) is 59.0 Å². The molecule has 39 heavy (non-hydrogen) atoms. The van der Waals surface area contributed by atoms with Gasteiger partial charge in [-0.1, -0.05) is 36.4 Å². The van der Waals surface area contributed by atoms with Crippen LogP contribution in [0, 0.1) is 6.92 Å². The second-order valence-corrected chi connectivity index (χ2v) is 11.9. The minimum atomic E-state index is 0.0181.